The molecule has 0 bridgehead atoms. The third kappa shape index (κ3) is 6.24. The number of hydrogen-bond donors (Lipinski definition) is 1. The third-order valence-electron chi connectivity index (χ3n) is 4.00. The van der Waals surface area contributed by atoms with Crippen LogP contribution in [0.5, 0.6) is 0 Å². The van der Waals surface area contributed by atoms with E-state index in [1.807, 2.05) is 0 Å². The average molecular weight is 262 g/mol. The summed E-state index contributed by atoms with van der Waals surface area (Å²) >= 11 is 0. The lowest BCUT2D eigenvalue weighted by molar-refractivity contribution is 0.163. The third-order valence-corrected chi connectivity index (χ3v) is 4.00. The number of benzene rings is 1. The molecule has 1 aromatic rings. The molecule has 0 aliphatic heterocycles. The van der Waals surface area contributed by atoms with Gasteiger partial charge in [-0.25, -0.2) is 0 Å². The zero-order chi connectivity index (χ0) is 14.1. The van der Waals surface area contributed by atoms with Crippen molar-refractivity contribution in [2.75, 3.05) is 0 Å². The first-order valence-corrected chi connectivity index (χ1v) is 7.90. The second kappa shape index (κ2) is 9.14. The lowest BCUT2D eigenvalue weighted by atomic mass is 9.98. The normalized spacial score (nSPS) is 12.6. The molecule has 0 amide bonds. The molecule has 0 fully saturated rings. The number of rotatable bonds is 9. The van der Waals surface area contributed by atoms with Crippen LogP contribution >= 0.6 is 0 Å². The van der Waals surface area contributed by atoms with Crippen molar-refractivity contribution < 1.29 is 5.11 Å². The zero-order valence-electron chi connectivity index (χ0n) is 12.9. The van der Waals surface area contributed by atoms with E-state index in [0.717, 1.165) is 18.4 Å². The van der Waals surface area contributed by atoms with Crippen LogP contribution in [0.4, 0.5) is 0 Å². The molecule has 108 valence electrons. The van der Waals surface area contributed by atoms with Gasteiger partial charge in [0.2, 0.25) is 0 Å². The Hall–Kier alpha value is -0.820. The van der Waals surface area contributed by atoms with Crippen molar-refractivity contribution in [1.82, 2.24) is 0 Å². The quantitative estimate of drug-likeness (QED) is 0.584. The fourth-order valence-corrected chi connectivity index (χ4v) is 2.43. The maximum Gasteiger partial charge on any atom is 0.0790 e. The molecule has 0 saturated heterocycles. The topological polar surface area (TPSA) is 20.2 Å². The van der Waals surface area contributed by atoms with Crippen LogP contribution in [0.1, 0.15) is 81.1 Å². The monoisotopic (exact) mass is 262 g/mol. The molecular weight excluding hydrogens is 232 g/mol. The second-order valence-corrected chi connectivity index (χ2v) is 5.77. The van der Waals surface area contributed by atoms with Crippen molar-refractivity contribution in [1.29, 1.82) is 0 Å². The SMILES string of the molecule is CCCCCCCCCC(O)c1ccc(C)c(C)c1. The minimum atomic E-state index is -0.282. The Balaban J connectivity index is 2.20. The average Bonchev–Trinajstić information content (AvgIpc) is 2.40. The highest BCUT2D eigenvalue weighted by atomic mass is 16.3. The summed E-state index contributed by atoms with van der Waals surface area (Å²) in [7, 11) is 0. The molecule has 0 heterocycles. The highest BCUT2D eigenvalue weighted by Crippen LogP contribution is 2.22. The van der Waals surface area contributed by atoms with Gasteiger partial charge in [0, 0.05) is 0 Å². The predicted octanol–water partition coefficient (Wildman–Crippen LogP) is 5.48. The van der Waals surface area contributed by atoms with E-state index in [-0.39, 0.29) is 6.10 Å². The van der Waals surface area contributed by atoms with Gasteiger partial charge in [-0.2, -0.15) is 0 Å². The van der Waals surface area contributed by atoms with Crippen LogP contribution in [0.3, 0.4) is 0 Å². The molecule has 0 saturated carbocycles. The minimum Gasteiger partial charge on any atom is -0.388 e. The lowest BCUT2D eigenvalue weighted by Gasteiger charge is -2.12. The van der Waals surface area contributed by atoms with Crippen LogP contribution in [-0.2, 0) is 0 Å². The standard InChI is InChI=1S/C18H30O/c1-4-5-6-7-8-9-10-11-18(19)17-13-12-15(2)16(3)14-17/h12-14,18-19H,4-11H2,1-3H3. The largest absolute Gasteiger partial charge is 0.388 e. The first kappa shape index (κ1) is 16.2. The summed E-state index contributed by atoms with van der Waals surface area (Å²) in [6.45, 7) is 6.47. The van der Waals surface area contributed by atoms with Crippen molar-refractivity contribution in [2.45, 2.75) is 78.2 Å². The number of unbranched alkanes of at least 4 members (excludes halogenated alkanes) is 6. The van der Waals surface area contributed by atoms with Crippen LogP contribution in [0.2, 0.25) is 0 Å². The summed E-state index contributed by atoms with van der Waals surface area (Å²) < 4.78 is 0. The van der Waals surface area contributed by atoms with Crippen LogP contribution in [0.25, 0.3) is 0 Å². The van der Waals surface area contributed by atoms with Crippen LogP contribution in [0.15, 0.2) is 18.2 Å². The molecule has 0 aliphatic rings. The van der Waals surface area contributed by atoms with E-state index in [1.54, 1.807) is 0 Å². The molecule has 0 spiro atoms. The van der Waals surface area contributed by atoms with Gasteiger partial charge >= 0.3 is 0 Å². The molecule has 0 radical (unpaired) electrons. The van der Waals surface area contributed by atoms with E-state index < -0.39 is 0 Å². The predicted molar refractivity (Wildman–Crippen MR) is 83.5 cm³/mol. The van der Waals surface area contributed by atoms with Crippen molar-refractivity contribution in [3.05, 3.63) is 34.9 Å². The number of aliphatic hydroxyl groups excluding tert-OH is 1. The molecule has 1 unspecified atom stereocenters. The van der Waals surface area contributed by atoms with Gasteiger partial charge in [0.15, 0.2) is 0 Å². The lowest BCUT2D eigenvalue weighted by Crippen LogP contribution is -1.98. The van der Waals surface area contributed by atoms with Crippen LogP contribution in [-0.4, -0.2) is 5.11 Å². The van der Waals surface area contributed by atoms with Crippen molar-refractivity contribution >= 4 is 0 Å². The maximum absolute atomic E-state index is 10.2. The molecule has 1 rings (SSSR count). The van der Waals surface area contributed by atoms with Gasteiger partial charge in [-0.15, -0.1) is 0 Å². The van der Waals surface area contributed by atoms with Gasteiger partial charge in [0.1, 0.15) is 0 Å². The van der Waals surface area contributed by atoms with E-state index in [9.17, 15) is 5.11 Å². The van der Waals surface area contributed by atoms with Gasteiger partial charge in [-0.1, -0.05) is 70.1 Å². The number of aliphatic hydroxyl groups is 1. The van der Waals surface area contributed by atoms with E-state index in [2.05, 4.69) is 39.0 Å². The van der Waals surface area contributed by atoms with Gasteiger partial charge in [-0.3, -0.25) is 0 Å². The highest BCUT2D eigenvalue weighted by Gasteiger charge is 2.07. The molecule has 1 nitrogen and oxygen atoms in total. The molecule has 1 atom stereocenters. The zero-order valence-corrected chi connectivity index (χ0v) is 12.9. The number of aryl methyl sites for hydroxylation is 2. The fraction of sp³-hybridized carbons (Fsp3) is 0.667. The first-order valence-electron chi connectivity index (χ1n) is 7.90. The van der Waals surface area contributed by atoms with Gasteiger partial charge in [0.05, 0.1) is 6.10 Å². The molecule has 1 heteroatoms. The Morgan fingerprint density at radius 1 is 0.895 bits per heavy atom. The summed E-state index contributed by atoms with van der Waals surface area (Å²) in [5.41, 5.74) is 3.65. The first-order chi connectivity index (χ1) is 9.15. The Kier molecular flexibility index (Phi) is 7.81. The molecule has 0 aromatic heterocycles. The Labute approximate surface area is 119 Å². The van der Waals surface area contributed by atoms with Crippen molar-refractivity contribution in [3.8, 4) is 0 Å². The summed E-state index contributed by atoms with van der Waals surface area (Å²) in [4.78, 5) is 0. The maximum atomic E-state index is 10.2. The highest BCUT2D eigenvalue weighted by molar-refractivity contribution is 5.30. The van der Waals surface area contributed by atoms with Crippen LogP contribution in [0, 0.1) is 13.8 Å². The molecular formula is C18H30O. The van der Waals surface area contributed by atoms with Crippen molar-refractivity contribution in [2.24, 2.45) is 0 Å². The van der Waals surface area contributed by atoms with E-state index >= 15 is 0 Å². The van der Waals surface area contributed by atoms with E-state index in [1.165, 1.54) is 49.7 Å². The van der Waals surface area contributed by atoms with Crippen molar-refractivity contribution in [3.63, 3.8) is 0 Å². The van der Waals surface area contributed by atoms with Gasteiger partial charge < -0.3 is 5.11 Å². The summed E-state index contributed by atoms with van der Waals surface area (Å²) in [6.07, 6.45) is 9.73. The fourth-order valence-electron chi connectivity index (χ4n) is 2.43. The summed E-state index contributed by atoms with van der Waals surface area (Å²) in [5, 5.41) is 10.2. The summed E-state index contributed by atoms with van der Waals surface area (Å²) in [6, 6.07) is 6.30. The van der Waals surface area contributed by atoms with Gasteiger partial charge in [-0.05, 0) is 37.0 Å². The molecule has 19 heavy (non-hydrogen) atoms. The smallest absolute Gasteiger partial charge is 0.0790 e. The summed E-state index contributed by atoms with van der Waals surface area (Å²) in [5.74, 6) is 0. The van der Waals surface area contributed by atoms with Crippen LogP contribution < -0.4 is 0 Å². The van der Waals surface area contributed by atoms with E-state index in [4.69, 9.17) is 0 Å². The Morgan fingerprint density at radius 3 is 2.16 bits per heavy atom. The minimum absolute atomic E-state index is 0.282. The van der Waals surface area contributed by atoms with Gasteiger partial charge in [0.25, 0.3) is 0 Å². The number of hydrogen-bond acceptors (Lipinski definition) is 1. The molecule has 1 aromatic carbocycles. The Morgan fingerprint density at radius 2 is 1.53 bits per heavy atom. The molecule has 1 N–H and O–H groups in total. The molecule has 0 aliphatic carbocycles. The van der Waals surface area contributed by atoms with E-state index in [0.29, 0.717) is 0 Å². The second-order valence-electron chi connectivity index (χ2n) is 5.77. The Bertz CT molecular complexity index is 357.